The number of nitrogens with zero attached hydrogens (tertiary/aromatic N) is 2. The number of hydrogen-bond donors (Lipinski definition) is 0. The molecule has 1 amide bonds. The fraction of sp³-hybridized carbons (Fsp3) is 0.292. The molecule has 31 heavy (non-hydrogen) atoms. The van der Waals surface area contributed by atoms with Crippen molar-refractivity contribution >= 4 is 27.3 Å². The summed E-state index contributed by atoms with van der Waals surface area (Å²) in [4.78, 5) is 16.4. The van der Waals surface area contributed by atoms with Gasteiger partial charge in [-0.05, 0) is 48.9 Å². The molecule has 0 unspecified atom stereocenters. The van der Waals surface area contributed by atoms with Crippen LogP contribution >= 0.6 is 11.3 Å². The third-order valence-electron chi connectivity index (χ3n) is 5.37. The molecule has 0 atom stereocenters. The smallest absolute Gasteiger partial charge is 0.243 e. The highest BCUT2D eigenvalue weighted by atomic mass is 32.2. The second-order valence-corrected chi connectivity index (χ2v) is 10.8. The molecule has 7 heteroatoms. The van der Waals surface area contributed by atoms with E-state index in [1.54, 1.807) is 40.5 Å². The topological polar surface area (TPSA) is 57.7 Å². The molecule has 0 spiro atoms. The Balaban J connectivity index is 1.57. The summed E-state index contributed by atoms with van der Waals surface area (Å²) >= 11 is 1.59. The number of carbonyl (C=O) groups is 1. The summed E-state index contributed by atoms with van der Waals surface area (Å²) in [7, 11) is -3.73. The molecule has 2 aromatic carbocycles. The van der Waals surface area contributed by atoms with E-state index in [0.29, 0.717) is 13.1 Å². The molecule has 0 saturated heterocycles. The predicted molar refractivity (Wildman–Crippen MR) is 123 cm³/mol. The van der Waals surface area contributed by atoms with Crippen LogP contribution in [0.1, 0.15) is 28.8 Å². The van der Waals surface area contributed by atoms with Gasteiger partial charge in [-0.1, -0.05) is 54.1 Å². The van der Waals surface area contributed by atoms with Crippen molar-refractivity contribution in [2.45, 2.75) is 43.8 Å². The molecule has 0 radical (unpaired) electrons. The minimum Gasteiger partial charge on any atom is -0.332 e. The Morgan fingerprint density at radius 3 is 2.29 bits per heavy atom. The first-order valence-electron chi connectivity index (χ1n) is 10.4. The molecule has 1 aliphatic rings. The van der Waals surface area contributed by atoms with Gasteiger partial charge in [0.1, 0.15) is 0 Å². The normalized spacial score (nSPS) is 14.0. The highest BCUT2D eigenvalue weighted by Crippen LogP contribution is 2.32. The Hall–Kier alpha value is -2.48. The maximum absolute atomic E-state index is 13.4. The summed E-state index contributed by atoms with van der Waals surface area (Å²) < 4.78 is 28.0. The van der Waals surface area contributed by atoms with E-state index < -0.39 is 10.0 Å². The van der Waals surface area contributed by atoms with Gasteiger partial charge in [-0.15, -0.1) is 11.3 Å². The van der Waals surface area contributed by atoms with Crippen LogP contribution < -0.4 is 0 Å². The van der Waals surface area contributed by atoms with Gasteiger partial charge >= 0.3 is 0 Å². The van der Waals surface area contributed by atoms with E-state index in [-0.39, 0.29) is 23.4 Å². The fourth-order valence-electron chi connectivity index (χ4n) is 3.48. The Kier molecular flexibility index (Phi) is 6.55. The number of aryl methyl sites for hydroxylation is 1. The van der Waals surface area contributed by atoms with Crippen molar-refractivity contribution in [1.29, 1.82) is 0 Å². The van der Waals surface area contributed by atoms with Gasteiger partial charge in [-0.3, -0.25) is 4.79 Å². The van der Waals surface area contributed by atoms with Crippen molar-refractivity contribution in [2.75, 3.05) is 6.54 Å². The van der Waals surface area contributed by atoms with Gasteiger partial charge in [-0.2, -0.15) is 4.31 Å². The summed E-state index contributed by atoms with van der Waals surface area (Å²) in [5, 5.41) is 1.98. The first-order valence-corrected chi connectivity index (χ1v) is 12.7. The van der Waals surface area contributed by atoms with Crippen LogP contribution in [-0.2, 0) is 27.9 Å². The van der Waals surface area contributed by atoms with E-state index in [4.69, 9.17) is 0 Å². The lowest BCUT2D eigenvalue weighted by Gasteiger charge is -2.27. The predicted octanol–water partition coefficient (Wildman–Crippen LogP) is 4.44. The van der Waals surface area contributed by atoms with Gasteiger partial charge in [-0.25, -0.2) is 8.42 Å². The molecule has 0 aliphatic heterocycles. The summed E-state index contributed by atoms with van der Waals surface area (Å²) in [6, 6.07) is 20.5. The zero-order valence-corrected chi connectivity index (χ0v) is 19.1. The lowest BCUT2D eigenvalue weighted by molar-refractivity contribution is -0.132. The lowest BCUT2D eigenvalue weighted by Crippen LogP contribution is -2.43. The van der Waals surface area contributed by atoms with E-state index in [0.717, 1.165) is 28.8 Å². The first kappa shape index (κ1) is 21.7. The minimum absolute atomic E-state index is 0.101. The Labute approximate surface area is 188 Å². The van der Waals surface area contributed by atoms with Crippen LogP contribution in [0.15, 0.2) is 77.0 Å². The fourth-order valence-corrected chi connectivity index (χ4v) is 5.83. The van der Waals surface area contributed by atoms with E-state index in [1.165, 1.54) is 4.31 Å². The van der Waals surface area contributed by atoms with Crippen molar-refractivity contribution in [3.05, 3.63) is 88.1 Å². The summed E-state index contributed by atoms with van der Waals surface area (Å²) in [5.74, 6) is -0.181. The molecule has 1 fully saturated rings. The standard InChI is InChI=1S/C24H26N2O3S2/c1-19-9-13-23(14-10-19)31(28,29)26(21-11-12-21)18-24(27)25(17-22-8-5-15-30-22)16-20-6-3-2-4-7-20/h2-10,13-15,21H,11-12,16-18H2,1H3. The van der Waals surface area contributed by atoms with E-state index in [2.05, 4.69) is 0 Å². The quantitative estimate of drug-likeness (QED) is 0.480. The van der Waals surface area contributed by atoms with Gasteiger partial charge in [0.05, 0.1) is 18.0 Å². The number of rotatable bonds is 9. The number of benzene rings is 2. The van der Waals surface area contributed by atoms with Crippen LogP contribution in [0.4, 0.5) is 0 Å². The monoisotopic (exact) mass is 454 g/mol. The number of carbonyl (C=O) groups excluding carboxylic acids is 1. The molecule has 5 nitrogen and oxygen atoms in total. The average Bonchev–Trinajstić information content (AvgIpc) is 3.47. The third-order valence-corrected chi connectivity index (χ3v) is 8.14. The molecule has 3 aromatic rings. The van der Waals surface area contributed by atoms with Crippen molar-refractivity contribution in [2.24, 2.45) is 0 Å². The van der Waals surface area contributed by atoms with Crippen molar-refractivity contribution in [1.82, 2.24) is 9.21 Å². The summed E-state index contributed by atoms with van der Waals surface area (Å²) in [6.07, 6.45) is 1.59. The van der Waals surface area contributed by atoms with E-state index in [9.17, 15) is 13.2 Å². The summed E-state index contributed by atoms with van der Waals surface area (Å²) in [5.41, 5.74) is 2.02. The van der Waals surface area contributed by atoms with Crippen LogP contribution in [-0.4, -0.2) is 36.1 Å². The molecule has 1 aromatic heterocycles. The molecule has 1 heterocycles. The lowest BCUT2D eigenvalue weighted by atomic mass is 10.2. The molecule has 0 bridgehead atoms. The number of sulfonamides is 1. The Bertz CT molecular complexity index is 1110. The van der Waals surface area contributed by atoms with E-state index >= 15 is 0 Å². The van der Waals surface area contributed by atoms with Gasteiger partial charge < -0.3 is 4.90 Å². The third kappa shape index (κ3) is 5.42. The largest absolute Gasteiger partial charge is 0.332 e. The molecule has 162 valence electrons. The van der Waals surface area contributed by atoms with Crippen molar-refractivity contribution < 1.29 is 13.2 Å². The maximum Gasteiger partial charge on any atom is 0.243 e. The molecule has 4 rings (SSSR count). The zero-order valence-electron chi connectivity index (χ0n) is 17.5. The van der Waals surface area contributed by atoms with Crippen LogP contribution in [0.5, 0.6) is 0 Å². The molecule has 1 aliphatic carbocycles. The van der Waals surface area contributed by atoms with Crippen molar-refractivity contribution in [3.63, 3.8) is 0 Å². The zero-order chi connectivity index (χ0) is 21.8. The number of amides is 1. The van der Waals surface area contributed by atoms with Gasteiger partial charge in [0.2, 0.25) is 15.9 Å². The van der Waals surface area contributed by atoms with Crippen LogP contribution in [0.2, 0.25) is 0 Å². The molecule has 1 saturated carbocycles. The summed E-state index contributed by atoms with van der Waals surface area (Å²) in [6.45, 7) is 2.69. The first-order chi connectivity index (χ1) is 14.9. The second kappa shape index (κ2) is 9.34. The van der Waals surface area contributed by atoms with E-state index in [1.807, 2.05) is 54.8 Å². The SMILES string of the molecule is Cc1ccc(S(=O)(=O)N(CC(=O)N(Cc2ccccc2)Cc2cccs2)C2CC2)cc1. The molecular formula is C24H26N2O3S2. The minimum atomic E-state index is -3.73. The molecule has 0 N–H and O–H groups in total. The van der Waals surface area contributed by atoms with Gasteiger partial charge in [0, 0.05) is 17.5 Å². The maximum atomic E-state index is 13.4. The number of hydrogen-bond acceptors (Lipinski definition) is 4. The van der Waals surface area contributed by atoms with Crippen LogP contribution in [0.25, 0.3) is 0 Å². The second-order valence-electron chi connectivity index (χ2n) is 7.91. The van der Waals surface area contributed by atoms with Crippen LogP contribution in [0.3, 0.4) is 0 Å². The Morgan fingerprint density at radius 2 is 1.68 bits per heavy atom. The average molecular weight is 455 g/mol. The highest BCUT2D eigenvalue weighted by molar-refractivity contribution is 7.89. The molecular weight excluding hydrogens is 428 g/mol. The Morgan fingerprint density at radius 1 is 0.968 bits per heavy atom. The highest BCUT2D eigenvalue weighted by Gasteiger charge is 2.40. The van der Waals surface area contributed by atoms with Crippen LogP contribution in [0, 0.1) is 6.92 Å². The van der Waals surface area contributed by atoms with Crippen molar-refractivity contribution in [3.8, 4) is 0 Å². The number of thiophene rings is 1. The van der Waals surface area contributed by atoms with Gasteiger partial charge in [0.15, 0.2) is 0 Å². The van der Waals surface area contributed by atoms with Gasteiger partial charge in [0.25, 0.3) is 0 Å².